The molecule has 2 N–H and O–H groups in total. The number of carbonyl (C=O) groups excluding carboxylic acids is 2. The Morgan fingerprint density at radius 2 is 1.97 bits per heavy atom. The molecule has 0 bridgehead atoms. The summed E-state index contributed by atoms with van der Waals surface area (Å²) in [5.41, 5.74) is 2.04. The topological polar surface area (TPSA) is 76.7 Å². The summed E-state index contributed by atoms with van der Waals surface area (Å²) in [6.45, 7) is 5.89. The van der Waals surface area contributed by atoms with Gasteiger partial charge in [0.05, 0.1) is 13.2 Å². The molecule has 1 aromatic heterocycles. The van der Waals surface area contributed by atoms with Crippen molar-refractivity contribution in [2.24, 2.45) is 0 Å². The van der Waals surface area contributed by atoms with E-state index in [4.69, 9.17) is 9.47 Å². The van der Waals surface area contributed by atoms with E-state index in [0.717, 1.165) is 16.0 Å². The van der Waals surface area contributed by atoms with Gasteiger partial charge in [0.2, 0.25) is 0 Å². The molecule has 1 atom stereocenters. The molecule has 0 saturated carbocycles. The van der Waals surface area contributed by atoms with Crippen molar-refractivity contribution in [1.82, 2.24) is 10.6 Å². The number of rotatable bonds is 6. The van der Waals surface area contributed by atoms with Crippen LogP contribution in [0.3, 0.4) is 0 Å². The summed E-state index contributed by atoms with van der Waals surface area (Å²) in [5, 5.41) is 7.85. The van der Waals surface area contributed by atoms with E-state index in [1.54, 1.807) is 25.3 Å². The average Bonchev–Trinajstić information content (AvgIpc) is 3.30. The monoisotopic (exact) mass is 476 g/mol. The van der Waals surface area contributed by atoms with Crippen LogP contribution in [0.15, 0.2) is 65.7 Å². The molecule has 6 nitrogen and oxygen atoms in total. The van der Waals surface area contributed by atoms with Crippen molar-refractivity contribution in [3.8, 4) is 11.5 Å². The number of hydrogen-bond acceptors (Lipinski definition) is 5. The van der Waals surface area contributed by atoms with E-state index in [9.17, 15) is 9.59 Å². The predicted octanol–water partition coefficient (Wildman–Crippen LogP) is 5.25. The Morgan fingerprint density at radius 1 is 1.15 bits per heavy atom. The largest absolute Gasteiger partial charge is 0.497 e. The Kier molecular flexibility index (Phi) is 6.75. The number of aryl methyl sites for hydroxylation is 1. The second-order valence-corrected chi connectivity index (χ2v) is 9.87. The molecule has 1 aliphatic rings. The Hall–Kier alpha value is -3.58. The Morgan fingerprint density at radius 3 is 2.68 bits per heavy atom. The van der Waals surface area contributed by atoms with Gasteiger partial charge in [-0.25, -0.2) is 0 Å². The number of hydrogen-bond donors (Lipinski definition) is 2. The number of nitrogens with one attached hydrogen (secondary N) is 2. The third-order valence-electron chi connectivity index (χ3n) is 5.59. The van der Waals surface area contributed by atoms with Gasteiger partial charge in [-0.05, 0) is 62.6 Å². The summed E-state index contributed by atoms with van der Waals surface area (Å²) in [4.78, 5) is 27.3. The lowest BCUT2D eigenvalue weighted by atomic mass is 9.89. The molecule has 0 unspecified atom stereocenters. The van der Waals surface area contributed by atoms with Crippen LogP contribution in [0.4, 0.5) is 0 Å². The fourth-order valence-corrected chi connectivity index (χ4v) is 4.64. The van der Waals surface area contributed by atoms with Crippen molar-refractivity contribution in [3.05, 3.63) is 87.2 Å². The third kappa shape index (κ3) is 5.48. The molecule has 3 aromatic rings. The molecule has 0 fully saturated rings. The number of thiophene rings is 1. The molecule has 4 rings (SSSR count). The number of amides is 2. The van der Waals surface area contributed by atoms with Gasteiger partial charge in [-0.3, -0.25) is 9.59 Å². The van der Waals surface area contributed by atoms with E-state index >= 15 is 0 Å². The lowest BCUT2D eigenvalue weighted by Gasteiger charge is -2.38. The maximum Gasteiger partial charge on any atom is 0.268 e. The number of fused-ring (bicyclic) bond motifs is 1. The van der Waals surface area contributed by atoms with Gasteiger partial charge < -0.3 is 20.1 Å². The molecular formula is C27H28N2O4S. The van der Waals surface area contributed by atoms with E-state index in [-0.39, 0.29) is 23.6 Å². The standard InChI is InChI=1S/C27H28N2O4S/c1-17-7-5-8-18(13-17)25(30)28-22(15-20-9-6-12-34-20)26(31)29-23-16-27(2,3)33-24-14-19(32-4)10-11-21(23)24/h5-15,23H,16H2,1-4H3,(H,28,30)(H,29,31)/b22-15-/t23-/m0/s1. The molecule has 0 spiro atoms. The van der Waals surface area contributed by atoms with Gasteiger partial charge in [0.1, 0.15) is 22.8 Å². The first kappa shape index (κ1) is 23.6. The fourth-order valence-electron chi connectivity index (χ4n) is 3.98. The first-order valence-electron chi connectivity index (χ1n) is 11.0. The van der Waals surface area contributed by atoms with Gasteiger partial charge in [-0.2, -0.15) is 0 Å². The van der Waals surface area contributed by atoms with Crippen LogP contribution in [0.25, 0.3) is 6.08 Å². The summed E-state index contributed by atoms with van der Waals surface area (Å²) in [7, 11) is 1.60. The first-order valence-corrected chi connectivity index (χ1v) is 11.9. The zero-order chi connectivity index (χ0) is 24.3. The third-order valence-corrected chi connectivity index (χ3v) is 6.41. The number of methoxy groups -OCH3 is 1. The van der Waals surface area contributed by atoms with Crippen molar-refractivity contribution in [2.45, 2.75) is 38.8 Å². The van der Waals surface area contributed by atoms with E-state index in [1.807, 2.05) is 68.6 Å². The minimum absolute atomic E-state index is 0.188. The zero-order valence-corrected chi connectivity index (χ0v) is 20.5. The van der Waals surface area contributed by atoms with Crippen LogP contribution < -0.4 is 20.1 Å². The molecule has 176 valence electrons. The quantitative estimate of drug-likeness (QED) is 0.476. The molecule has 2 heterocycles. The normalized spacial score (nSPS) is 16.7. The van der Waals surface area contributed by atoms with Crippen molar-refractivity contribution in [2.75, 3.05) is 7.11 Å². The summed E-state index contributed by atoms with van der Waals surface area (Å²) in [6, 6.07) is 16.4. The van der Waals surface area contributed by atoms with Crippen LogP contribution in [-0.2, 0) is 4.79 Å². The van der Waals surface area contributed by atoms with Gasteiger partial charge >= 0.3 is 0 Å². The minimum atomic E-state index is -0.486. The maximum atomic E-state index is 13.5. The molecule has 7 heteroatoms. The number of carbonyl (C=O) groups is 2. The van der Waals surface area contributed by atoms with Crippen molar-refractivity contribution >= 4 is 29.2 Å². The first-order chi connectivity index (χ1) is 16.2. The van der Waals surface area contributed by atoms with Crippen LogP contribution in [-0.4, -0.2) is 24.5 Å². The molecule has 0 saturated heterocycles. The van der Waals surface area contributed by atoms with Crippen molar-refractivity contribution < 1.29 is 19.1 Å². The summed E-state index contributed by atoms with van der Waals surface area (Å²) >= 11 is 1.49. The highest BCUT2D eigenvalue weighted by atomic mass is 32.1. The Bertz CT molecular complexity index is 1230. The van der Waals surface area contributed by atoms with Crippen LogP contribution >= 0.6 is 11.3 Å². The van der Waals surface area contributed by atoms with Crippen molar-refractivity contribution in [1.29, 1.82) is 0 Å². The van der Waals surface area contributed by atoms with Crippen LogP contribution in [0.1, 0.15) is 52.7 Å². The lowest BCUT2D eigenvalue weighted by molar-refractivity contribution is -0.119. The molecule has 34 heavy (non-hydrogen) atoms. The Labute approximate surface area is 203 Å². The van der Waals surface area contributed by atoms with Crippen LogP contribution in [0, 0.1) is 6.92 Å². The van der Waals surface area contributed by atoms with Crippen LogP contribution in [0.5, 0.6) is 11.5 Å². The predicted molar refractivity (Wildman–Crippen MR) is 134 cm³/mol. The van der Waals surface area contributed by atoms with E-state index in [0.29, 0.717) is 23.5 Å². The molecule has 0 aliphatic carbocycles. The zero-order valence-electron chi connectivity index (χ0n) is 19.7. The van der Waals surface area contributed by atoms with Gasteiger partial charge in [-0.15, -0.1) is 11.3 Å². The Balaban J connectivity index is 1.62. The summed E-state index contributed by atoms with van der Waals surface area (Å²) in [6.07, 6.45) is 2.28. The SMILES string of the molecule is COc1ccc2c(c1)OC(C)(C)C[C@@H]2NC(=O)/C(=C/c1cccs1)NC(=O)c1cccc(C)c1. The van der Waals surface area contributed by atoms with Gasteiger partial charge in [0, 0.05) is 28.5 Å². The highest BCUT2D eigenvalue weighted by Crippen LogP contribution is 2.41. The summed E-state index contributed by atoms with van der Waals surface area (Å²) in [5.74, 6) is 0.664. The molecular weight excluding hydrogens is 448 g/mol. The molecule has 2 amide bonds. The second kappa shape index (κ2) is 9.73. The van der Waals surface area contributed by atoms with Gasteiger partial charge in [0.25, 0.3) is 11.8 Å². The maximum absolute atomic E-state index is 13.5. The lowest BCUT2D eigenvalue weighted by Crippen LogP contribution is -2.43. The smallest absolute Gasteiger partial charge is 0.268 e. The minimum Gasteiger partial charge on any atom is -0.497 e. The molecule has 2 aromatic carbocycles. The van der Waals surface area contributed by atoms with E-state index in [2.05, 4.69) is 10.6 Å². The van der Waals surface area contributed by atoms with E-state index < -0.39 is 5.60 Å². The van der Waals surface area contributed by atoms with Crippen molar-refractivity contribution in [3.63, 3.8) is 0 Å². The molecule has 0 radical (unpaired) electrons. The van der Waals surface area contributed by atoms with E-state index in [1.165, 1.54) is 11.3 Å². The average molecular weight is 477 g/mol. The van der Waals surface area contributed by atoms with Crippen LogP contribution in [0.2, 0.25) is 0 Å². The van der Waals surface area contributed by atoms with Gasteiger partial charge in [-0.1, -0.05) is 23.8 Å². The number of ether oxygens (including phenoxy) is 2. The highest BCUT2D eigenvalue weighted by Gasteiger charge is 2.35. The highest BCUT2D eigenvalue weighted by molar-refractivity contribution is 7.10. The fraction of sp³-hybridized carbons (Fsp3) is 0.259. The molecule has 1 aliphatic heterocycles. The number of benzene rings is 2. The second-order valence-electron chi connectivity index (χ2n) is 8.89. The summed E-state index contributed by atoms with van der Waals surface area (Å²) < 4.78 is 11.5. The van der Waals surface area contributed by atoms with Gasteiger partial charge in [0.15, 0.2) is 0 Å².